The summed E-state index contributed by atoms with van der Waals surface area (Å²) < 4.78 is 0. The Morgan fingerprint density at radius 1 is 1.53 bits per heavy atom. The van der Waals surface area contributed by atoms with Gasteiger partial charge in [0.25, 0.3) is 0 Å². The highest BCUT2D eigenvalue weighted by molar-refractivity contribution is 5.52. The SMILES string of the molecule is CC(C)C1CCC(C#N)(C(C)(O)CC=O)CC1. The van der Waals surface area contributed by atoms with Crippen LogP contribution in [0.15, 0.2) is 0 Å². The summed E-state index contributed by atoms with van der Waals surface area (Å²) in [5.74, 6) is 1.27. The van der Waals surface area contributed by atoms with Crippen LogP contribution in [0.3, 0.4) is 0 Å². The first-order valence-electron chi connectivity index (χ1n) is 6.46. The van der Waals surface area contributed by atoms with Gasteiger partial charge in [0.05, 0.1) is 17.1 Å². The number of aliphatic hydroxyl groups is 1. The maximum atomic E-state index is 10.6. The molecule has 3 nitrogen and oxygen atoms in total. The second-order valence-corrected chi connectivity index (χ2v) is 5.92. The van der Waals surface area contributed by atoms with Crippen LogP contribution in [0.1, 0.15) is 52.9 Å². The molecular formula is C14H23NO2. The Hall–Kier alpha value is -0.880. The molecule has 1 atom stereocenters. The predicted octanol–water partition coefficient (Wildman–Crippen LogP) is 2.68. The Balaban J connectivity index is 2.81. The van der Waals surface area contributed by atoms with Crippen LogP contribution in [-0.4, -0.2) is 17.0 Å². The molecule has 0 saturated heterocycles. The minimum absolute atomic E-state index is 0.0485. The average molecular weight is 237 g/mol. The lowest BCUT2D eigenvalue weighted by molar-refractivity contribution is -0.119. The summed E-state index contributed by atoms with van der Waals surface area (Å²) in [5.41, 5.74) is -1.93. The number of hydrogen-bond acceptors (Lipinski definition) is 3. The van der Waals surface area contributed by atoms with Crippen LogP contribution in [0.5, 0.6) is 0 Å². The highest BCUT2D eigenvalue weighted by atomic mass is 16.3. The monoisotopic (exact) mass is 237 g/mol. The lowest BCUT2D eigenvalue weighted by Gasteiger charge is -2.44. The van der Waals surface area contributed by atoms with Crippen LogP contribution in [0.2, 0.25) is 0 Å². The Morgan fingerprint density at radius 2 is 2.06 bits per heavy atom. The van der Waals surface area contributed by atoms with Gasteiger partial charge in [0.15, 0.2) is 0 Å². The molecule has 3 heteroatoms. The van der Waals surface area contributed by atoms with E-state index in [2.05, 4.69) is 19.9 Å². The summed E-state index contributed by atoms with van der Waals surface area (Å²) in [7, 11) is 0. The first-order valence-corrected chi connectivity index (χ1v) is 6.46. The van der Waals surface area contributed by atoms with Crippen molar-refractivity contribution in [1.82, 2.24) is 0 Å². The molecule has 0 radical (unpaired) electrons. The van der Waals surface area contributed by atoms with E-state index in [1.54, 1.807) is 6.92 Å². The van der Waals surface area contributed by atoms with Crippen molar-refractivity contribution in [1.29, 1.82) is 5.26 Å². The maximum Gasteiger partial charge on any atom is 0.122 e. The van der Waals surface area contributed by atoms with Gasteiger partial charge >= 0.3 is 0 Å². The summed E-state index contributed by atoms with van der Waals surface area (Å²) in [4.78, 5) is 10.6. The number of carbonyl (C=O) groups excluding carboxylic acids is 1. The van der Waals surface area contributed by atoms with Gasteiger partial charge in [-0.25, -0.2) is 0 Å². The molecule has 1 aliphatic rings. The third-order valence-corrected chi connectivity index (χ3v) is 4.55. The van der Waals surface area contributed by atoms with Crippen LogP contribution in [0.4, 0.5) is 0 Å². The normalized spacial score (nSPS) is 32.8. The molecule has 0 aromatic rings. The summed E-state index contributed by atoms with van der Waals surface area (Å²) in [6, 6.07) is 2.29. The molecule has 1 aliphatic carbocycles. The molecule has 0 bridgehead atoms. The van der Waals surface area contributed by atoms with Crippen molar-refractivity contribution in [2.75, 3.05) is 0 Å². The molecule has 0 aromatic heterocycles. The number of rotatable bonds is 4. The molecule has 0 aromatic carbocycles. The van der Waals surface area contributed by atoms with Crippen molar-refractivity contribution in [3.8, 4) is 6.07 Å². The third kappa shape index (κ3) is 2.69. The third-order valence-electron chi connectivity index (χ3n) is 4.55. The second-order valence-electron chi connectivity index (χ2n) is 5.92. The van der Waals surface area contributed by atoms with Crippen molar-refractivity contribution in [3.63, 3.8) is 0 Å². The molecule has 1 unspecified atom stereocenters. The van der Waals surface area contributed by atoms with Gasteiger partial charge < -0.3 is 9.90 Å². The second kappa shape index (κ2) is 5.18. The lowest BCUT2D eigenvalue weighted by Crippen LogP contribution is -2.48. The quantitative estimate of drug-likeness (QED) is 0.765. The molecule has 1 N–H and O–H groups in total. The number of hydrogen-bond donors (Lipinski definition) is 1. The standard InChI is InChI=1S/C14H23NO2/c1-11(2)12-4-6-14(10-15,7-5-12)13(3,17)8-9-16/h9,11-12,17H,4-8H2,1-3H3. The van der Waals surface area contributed by atoms with Crippen LogP contribution in [0.25, 0.3) is 0 Å². The summed E-state index contributed by atoms with van der Waals surface area (Å²) in [6.07, 6.45) is 4.11. The fourth-order valence-electron chi connectivity index (χ4n) is 2.93. The first-order chi connectivity index (χ1) is 7.88. The molecule has 0 spiro atoms. The molecule has 0 aliphatic heterocycles. The maximum absolute atomic E-state index is 10.6. The summed E-state index contributed by atoms with van der Waals surface area (Å²) >= 11 is 0. The van der Waals surface area contributed by atoms with E-state index in [0.717, 1.165) is 12.8 Å². The molecular weight excluding hydrogens is 214 g/mol. The molecule has 0 heterocycles. The first kappa shape index (κ1) is 14.2. The van der Waals surface area contributed by atoms with Crippen LogP contribution < -0.4 is 0 Å². The van der Waals surface area contributed by atoms with E-state index in [4.69, 9.17) is 0 Å². The summed E-state index contributed by atoms with van der Waals surface area (Å²) in [6.45, 7) is 6.03. The molecule has 1 saturated carbocycles. The van der Waals surface area contributed by atoms with Crippen LogP contribution in [0, 0.1) is 28.6 Å². The molecule has 17 heavy (non-hydrogen) atoms. The summed E-state index contributed by atoms with van der Waals surface area (Å²) in [5, 5.41) is 19.8. The zero-order valence-corrected chi connectivity index (χ0v) is 11.1. The number of aldehydes is 1. The van der Waals surface area contributed by atoms with Gasteiger partial charge in [-0.05, 0) is 44.4 Å². The van der Waals surface area contributed by atoms with E-state index >= 15 is 0 Å². The van der Waals surface area contributed by atoms with Gasteiger partial charge in [0, 0.05) is 6.42 Å². The average Bonchev–Trinajstić information content (AvgIpc) is 2.28. The van der Waals surface area contributed by atoms with E-state index in [1.807, 2.05) is 0 Å². The van der Waals surface area contributed by atoms with E-state index in [0.29, 0.717) is 31.0 Å². The van der Waals surface area contributed by atoms with Crippen molar-refractivity contribution in [2.24, 2.45) is 17.3 Å². The van der Waals surface area contributed by atoms with Gasteiger partial charge in [-0.2, -0.15) is 5.26 Å². The van der Waals surface area contributed by atoms with E-state index < -0.39 is 11.0 Å². The smallest absolute Gasteiger partial charge is 0.122 e. The van der Waals surface area contributed by atoms with Crippen molar-refractivity contribution >= 4 is 6.29 Å². The fraction of sp³-hybridized carbons (Fsp3) is 0.857. The van der Waals surface area contributed by atoms with Crippen molar-refractivity contribution < 1.29 is 9.90 Å². The zero-order valence-electron chi connectivity index (χ0n) is 11.1. The highest BCUT2D eigenvalue weighted by Gasteiger charge is 2.49. The molecule has 1 rings (SSSR count). The Labute approximate surface area is 104 Å². The largest absolute Gasteiger partial charge is 0.388 e. The lowest BCUT2D eigenvalue weighted by atomic mass is 9.60. The van der Waals surface area contributed by atoms with E-state index in [-0.39, 0.29) is 6.42 Å². The Bertz CT molecular complexity index is 307. The van der Waals surface area contributed by atoms with Gasteiger partial charge in [0.1, 0.15) is 6.29 Å². The van der Waals surface area contributed by atoms with Gasteiger partial charge in [-0.1, -0.05) is 13.8 Å². The minimum atomic E-state index is -1.19. The van der Waals surface area contributed by atoms with E-state index in [1.165, 1.54) is 0 Å². The zero-order chi connectivity index (χ0) is 13.1. The topological polar surface area (TPSA) is 61.1 Å². The van der Waals surface area contributed by atoms with Crippen LogP contribution in [-0.2, 0) is 4.79 Å². The number of nitriles is 1. The van der Waals surface area contributed by atoms with Gasteiger partial charge in [0.2, 0.25) is 0 Å². The predicted molar refractivity (Wildman–Crippen MR) is 66.1 cm³/mol. The van der Waals surface area contributed by atoms with Gasteiger partial charge in [-0.15, -0.1) is 0 Å². The number of carbonyl (C=O) groups is 1. The Morgan fingerprint density at radius 3 is 2.41 bits per heavy atom. The van der Waals surface area contributed by atoms with Gasteiger partial charge in [-0.3, -0.25) is 0 Å². The minimum Gasteiger partial charge on any atom is -0.388 e. The highest BCUT2D eigenvalue weighted by Crippen LogP contribution is 2.48. The van der Waals surface area contributed by atoms with Crippen molar-refractivity contribution in [3.05, 3.63) is 0 Å². The number of nitrogens with zero attached hydrogens (tertiary/aromatic N) is 1. The van der Waals surface area contributed by atoms with Crippen molar-refractivity contribution in [2.45, 2.75) is 58.5 Å². The van der Waals surface area contributed by atoms with E-state index in [9.17, 15) is 15.2 Å². The molecule has 96 valence electrons. The molecule has 0 amide bonds. The fourth-order valence-corrected chi connectivity index (χ4v) is 2.93. The van der Waals surface area contributed by atoms with Crippen LogP contribution >= 0.6 is 0 Å². The Kier molecular flexibility index (Phi) is 4.32. The molecule has 1 fully saturated rings.